The third kappa shape index (κ3) is 7.08. The van der Waals surface area contributed by atoms with Gasteiger partial charge in [0, 0.05) is 23.2 Å². The number of nitrogens with one attached hydrogen (secondary N) is 1. The van der Waals surface area contributed by atoms with E-state index < -0.39 is 12.4 Å². The number of alkyl halides is 3. The SMILES string of the molecule is Cc1cc(C)c(-n2c(C)csc2=NC(=O)NCC(C)c2ccc(-c3ncn(-c4ccc(OC(F)(F)F)cc4)n3)cc2)c(C)c1. The first-order valence-corrected chi connectivity index (χ1v) is 14.7. The Morgan fingerprint density at radius 3 is 2.32 bits per heavy atom. The average molecular weight is 621 g/mol. The highest BCUT2D eigenvalue weighted by molar-refractivity contribution is 7.07. The third-order valence-electron chi connectivity index (χ3n) is 7.06. The molecule has 5 rings (SSSR count). The monoisotopic (exact) mass is 620 g/mol. The van der Waals surface area contributed by atoms with Gasteiger partial charge in [0.2, 0.25) is 0 Å². The molecule has 12 heteroatoms. The Balaban J connectivity index is 1.23. The van der Waals surface area contributed by atoms with Gasteiger partial charge in [-0.1, -0.05) is 48.9 Å². The predicted octanol–water partition coefficient (Wildman–Crippen LogP) is 7.33. The molecule has 0 spiro atoms. The number of carbonyl (C=O) groups excluding carboxylic acids is 1. The van der Waals surface area contributed by atoms with E-state index in [1.807, 2.05) is 48.1 Å². The number of ether oxygens (including phenoxy) is 1. The van der Waals surface area contributed by atoms with Crippen LogP contribution in [0, 0.1) is 27.7 Å². The third-order valence-corrected chi connectivity index (χ3v) is 8.00. The molecule has 8 nitrogen and oxygen atoms in total. The molecule has 0 bridgehead atoms. The largest absolute Gasteiger partial charge is 0.573 e. The van der Waals surface area contributed by atoms with Gasteiger partial charge < -0.3 is 10.1 Å². The molecule has 3 aromatic carbocycles. The minimum atomic E-state index is -4.75. The maximum absolute atomic E-state index is 12.8. The Morgan fingerprint density at radius 2 is 1.68 bits per heavy atom. The molecule has 5 aromatic rings. The molecule has 0 aliphatic heterocycles. The molecular weight excluding hydrogens is 589 g/mol. The normalized spacial score (nSPS) is 12.8. The van der Waals surface area contributed by atoms with E-state index in [9.17, 15) is 18.0 Å². The van der Waals surface area contributed by atoms with Crippen LogP contribution < -0.4 is 14.9 Å². The molecule has 0 saturated carbocycles. The van der Waals surface area contributed by atoms with E-state index in [1.54, 1.807) is 0 Å². The van der Waals surface area contributed by atoms with Crippen molar-refractivity contribution in [1.82, 2.24) is 24.6 Å². The lowest BCUT2D eigenvalue weighted by Gasteiger charge is -2.14. The minimum Gasteiger partial charge on any atom is -0.406 e. The molecule has 2 amide bonds. The van der Waals surface area contributed by atoms with E-state index in [2.05, 4.69) is 58.0 Å². The molecule has 0 fully saturated rings. The van der Waals surface area contributed by atoms with E-state index in [1.165, 1.54) is 52.2 Å². The summed E-state index contributed by atoms with van der Waals surface area (Å²) in [5.74, 6) is 0.171. The number of halogens is 3. The van der Waals surface area contributed by atoms with Crippen LogP contribution in [0.25, 0.3) is 22.8 Å². The summed E-state index contributed by atoms with van der Waals surface area (Å²) in [4.78, 5) is 22.2. The van der Waals surface area contributed by atoms with E-state index >= 15 is 0 Å². The lowest BCUT2D eigenvalue weighted by Crippen LogP contribution is -2.28. The first kappa shape index (κ1) is 30.7. The molecule has 1 N–H and O–H groups in total. The van der Waals surface area contributed by atoms with Crippen molar-refractivity contribution in [1.29, 1.82) is 0 Å². The van der Waals surface area contributed by atoms with Crippen molar-refractivity contribution in [2.45, 2.75) is 46.9 Å². The second-order valence-corrected chi connectivity index (χ2v) is 11.5. The number of amides is 2. The zero-order chi connectivity index (χ0) is 31.6. The first-order valence-electron chi connectivity index (χ1n) is 13.8. The van der Waals surface area contributed by atoms with Gasteiger partial charge in [0.25, 0.3) is 0 Å². The zero-order valence-electron chi connectivity index (χ0n) is 24.8. The molecule has 2 aromatic heterocycles. The molecule has 0 saturated heterocycles. The highest BCUT2D eigenvalue weighted by Crippen LogP contribution is 2.25. The summed E-state index contributed by atoms with van der Waals surface area (Å²) in [7, 11) is 0. The van der Waals surface area contributed by atoms with Gasteiger partial charge in [-0.3, -0.25) is 4.57 Å². The Morgan fingerprint density at radius 1 is 1.02 bits per heavy atom. The fourth-order valence-electron chi connectivity index (χ4n) is 5.03. The number of thiazole rings is 1. The Hall–Kier alpha value is -4.71. The maximum atomic E-state index is 12.8. The number of urea groups is 1. The molecule has 0 aliphatic rings. The van der Waals surface area contributed by atoms with Crippen LogP contribution in [0.1, 0.15) is 40.8 Å². The van der Waals surface area contributed by atoms with Crippen LogP contribution in [0.5, 0.6) is 5.75 Å². The maximum Gasteiger partial charge on any atom is 0.573 e. The van der Waals surface area contributed by atoms with Gasteiger partial charge in [0.1, 0.15) is 12.1 Å². The highest BCUT2D eigenvalue weighted by atomic mass is 32.1. The van der Waals surface area contributed by atoms with Gasteiger partial charge in [0.15, 0.2) is 10.6 Å². The van der Waals surface area contributed by atoms with E-state index in [0.29, 0.717) is 22.9 Å². The van der Waals surface area contributed by atoms with E-state index in [0.717, 1.165) is 33.6 Å². The summed E-state index contributed by atoms with van der Waals surface area (Å²) in [6, 6.07) is 16.9. The quantitative estimate of drug-likeness (QED) is 0.206. The van der Waals surface area contributed by atoms with Crippen molar-refractivity contribution in [2.75, 3.05) is 6.54 Å². The van der Waals surface area contributed by atoms with Crippen LogP contribution in [0.2, 0.25) is 0 Å². The predicted molar refractivity (Wildman–Crippen MR) is 163 cm³/mol. The van der Waals surface area contributed by atoms with Gasteiger partial charge in [-0.25, -0.2) is 14.5 Å². The first-order chi connectivity index (χ1) is 20.9. The summed E-state index contributed by atoms with van der Waals surface area (Å²) in [5, 5.41) is 9.37. The number of hydrogen-bond acceptors (Lipinski definition) is 5. The fraction of sp³-hybridized carbons (Fsp3) is 0.250. The average Bonchev–Trinajstić information content (AvgIpc) is 3.59. The van der Waals surface area contributed by atoms with Crippen molar-refractivity contribution in [3.63, 3.8) is 0 Å². The molecule has 0 aliphatic carbocycles. The highest BCUT2D eigenvalue weighted by Gasteiger charge is 2.31. The molecule has 0 radical (unpaired) electrons. The van der Waals surface area contributed by atoms with Gasteiger partial charge in [-0.05, 0) is 74.6 Å². The number of benzene rings is 3. The van der Waals surface area contributed by atoms with Crippen LogP contribution in [0.15, 0.2) is 77.4 Å². The van der Waals surface area contributed by atoms with Crippen molar-refractivity contribution in [3.8, 4) is 28.5 Å². The number of aromatic nitrogens is 4. The van der Waals surface area contributed by atoms with Crippen LogP contribution in [-0.2, 0) is 0 Å². The summed E-state index contributed by atoms with van der Waals surface area (Å²) in [6.45, 7) is 10.6. The number of nitrogens with zero attached hydrogens (tertiary/aromatic N) is 5. The van der Waals surface area contributed by atoms with Gasteiger partial charge in [-0.15, -0.1) is 29.6 Å². The second kappa shape index (κ2) is 12.5. The van der Waals surface area contributed by atoms with Crippen LogP contribution in [0.4, 0.5) is 18.0 Å². The Kier molecular flexibility index (Phi) is 8.73. The second-order valence-electron chi connectivity index (χ2n) is 10.6. The Labute approximate surface area is 256 Å². The van der Waals surface area contributed by atoms with E-state index in [4.69, 9.17) is 0 Å². The Bertz CT molecular complexity index is 1830. The van der Waals surface area contributed by atoms with E-state index in [-0.39, 0.29) is 11.7 Å². The van der Waals surface area contributed by atoms with Crippen LogP contribution >= 0.6 is 11.3 Å². The van der Waals surface area contributed by atoms with Gasteiger partial charge in [0.05, 0.1) is 11.4 Å². The lowest BCUT2D eigenvalue weighted by molar-refractivity contribution is -0.274. The number of hydrogen-bond donors (Lipinski definition) is 1. The topological polar surface area (TPSA) is 86.3 Å². The summed E-state index contributed by atoms with van der Waals surface area (Å²) in [5.41, 5.74) is 7.82. The van der Waals surface area contributed by atoms with Gasteiger partial charge >= 0.3 is 12.4 Å². The molecular formula is C32H31F3N6O2S. The number of carbonyl (C=O) groups is 1. The van der Waals surface area contributed by atoms with Crippen LogP contribution in [0.3, 0.4) is 0 Å². The molecule has 228 valence electrons. The van der Waals surface area contributed by atoms with Gasteiger partial charge in [-0.2, -0.15) is 4.99 Å². The molecule has 1 unspecified atom stereocenters. The number of aryl methyl sites for hydroxylation is 4. The minimum absolute atomic E-state index is 0.0185. The fourth-order valence-corrected chi connectivity index (χ4v) is 5.89. The van der Waals surface area contributed by atoms with Crippen molar-refractivity contribution < 1.29 is 22.7 Å². The molecule has 2 heterocycles. The zero-order valence-corrected chi connectivity index (χ0v) is 25.6. The van der Waals surface area contributed by atoms with Crippen molar-refractivity contribution >= 4 is 17.4 Å². The summed E-state index contributed by atoms with van der Waals surface area (Å²) >= 11 is 1.43. The summed E-state index contributed by atoms with van der Waals surface area (Å²) in [6.07, 6.45) is -3.26. The molecule has 44 heavy (non-hydrogen) atoms. The number of rotatable bonds is 7. The summed E-state index contributed by atoms with van der Waals surface area (Å²) < 4.78 is 44.7. The van der Waals surface area contributed by atoms with Crippen molar-refractivity contribution in [2.24, 2.45) is 4.99 Å². The molecule has 1 atom stereocenters. The van der Waals surface area contributed by atoms with Crippen LogP contribution in [-0.4, -0.2) is 38.3 Å². The lowest BCUT2D eigenvalue weighted by atomic mass is 10.00. The van der Waals surface area contributed by atoms with Crippen molar-refractivity contribution in [3.05, 3.63) is 105 Å². The smallest absolute Gasteiger partial charge is 0.406 e. The standard InChI is InChI=1S/C32H31F3N6O2S/c1-19-14-20(2)28(21(3)15-19)41-23(5)17-44-31(41)38-30(42)36-16-22(4)24-6-8-25(9-7-24)29-37-18-40(39-29)26-10-12-27(13-11-26)43-32(33,34)35/h6-15,17-18,22H,16H2,1-5H3,(H,36,42).